The van der Waals surface area contributed by atoms with E-state index in [1.165, 1.54) is 63.4 Å². The number of rotatable bonds is 2. The minimum atomic E-state index is -0.154. The van der Waals surface area contributed by atoms with Crippen molar-refractivity contribution in [1.29, 1.82) is 0 Å². The second-order valence-corrected chi connectivity index (χ2v) is 15.2. The monoisotopic (exact) mass is 456 g/mol. The third-order valence-electron chi connectivity index (χ3n) is 14.3. The Hall–Kier alpha value is -0.340. The Morgan fingerprint density at radius 1 is 0.788 bits per heavy atom. The van der Waals surface area contributed by atoms with E-state index >= 15 is 0 Å². The molecule has 0 saturated heterocycles. The summed E-state index contributed by atoms with van der Waals surface area (Å²) < 4.78 is 0. The molecule has 0 unspecified atom stereocenters. The molecule has 0 bridgehead atoms. The minimum absolute atomic E-state index is 0.0189. The molecule has 0 heterocycles. The van der Waals surface area contributed by atoms with Crippen molar-refractivity contribution in [1.82, 2.24) is 0 Å². The molecule has 10 atom stereocenters. The van der Waals surface area contributed by atoms with Gasteiger partial charge in [-0.25, -0.2) is 0 Å². The van der Waals surface area contributed by atoms with Crippen LogP contribution in [0.2, 0.25) is 0 Å². The van der Waals surface area contributed by atoms with Crippen molar-refractivity contribution in [2.75, 3.05) is 6.61 Å². The number of aliphatic hydroxyl groups excluding tert-OH is 2. The molecular formula is C31H52O2. The molecule has 0 aromatic rings. The van der Waals surface area contributed by atoms with E-state index in [-0.39, 0.29) is 22.3 Å². The van der Waals surface area contributed by atoms with Crippen molar-refractivity contribution in [2.45, 2.75) is 119 Å². The molecule has 5 aliphatic carbocycles. The standard InChI is InChI=1S/C31H52O2/c1-20(2)21-9-16-31(19-32)18-17-30(8)28(6)14-10-22-26(3,4)24(33)12-13-27(22,5)23(28)11-15-29(30,7)25(21)31/h21-25,32-33H,1,9-19H2,2-8H3/t21-,22-,23+,24-,25-,27+,28-,29-,30-,31-/m0/s1. The van der Waals surface area contributed by atoms with Gasteiger partial charge in [-0.3, -0.25) is 0 Å². The summed E-state index contributed by atoms with van der Waals surface area (Å²) in [5.41, 5.74) is 2.68. The van der Waals surface area contributed by atoms with Gasteiger partial charge in [0.05, 0.1) is 6.10 Å². The second kappa shape index (κ2) is 7.12. The lowest BCUT2D eigenvalue weighted by molar-refractivity contribution is -0.279. The molecule has 0 amide bonds. The molecule has 5 saturated carbocycles. The maximum atomic E-state index is 10.9. The smallest absolute Gasteiger partial charge is 0.0594 e. The van der Waals surface area contributed by atoms with Crippen LogP contribution in [0.25, 0.3) is 0 Å². The SMILES string of the molecule is C=C(C)[C@@H]1CC[C@@]2(CO)CC[C@]3(C)[C@@](C)(CC[C@@H]4[C@]5(C)CC[C@H](O)C(C)(C)[C@@H]5CC[C@@]43C)[C@H]12. The van der Waals surface area contributed by atoms with Crippen LogP contribution in [0.5, 0.6) is 0 Å². The molecule has 5 rings (SSSR count). The van der Waals surface area contributed by atoms with Gasteiger partial charge in [-0.05, 0) is 127 Å². The summed E-state index contributed by atoms with van der Waals surface area (Å²) in [6.07, 6.45) is 12.0. The minimum Gasteiger partial charge on any atom is -0.396 e. The van der Waals surface area contributed by atoms with Crippen LogP contribution in [0.15, 0.2) is 12.2 Å². The Labute approximate surface area is 204 Å². The fourth-order valence-electron chi connectivity index (χ4n) is 12.2. The lowest BCUT2D eigenvalue weighted by Gasteiger charge is -2.76. The summed E-state index contributed by atoms with van der Waals surface area (Å²) in [4.78, 5) is 0. The van der Waals surface area contributed by atoms with E-state index in [9.17, 15) is 10.2 Å². The van der Waals surface area contributed by atoms with Gasteiger partial charge in [-0.1, -0.05) is 53.7 Å². The fraction of sp³-hybridized carbons (Fsp3) is 0.935. The van der Waals surface area contributed by atoms with E-state index < -0.39 is 0 Å². The van der Waals surface area contributed by atoms with Gasteiger partial charge in [0, 0.05) is 6.61 Å². The van der Waals surface area contributed by atoms with Crippen LogP contribution in [0.3, 0.4) is 0 Å². The summed E-state index contributed by atoms with van der Waals surface area (Å²) in [6, 6.07) is 0. The molecular weight excluding hydrogens is 404 g/mol. The quantitative estimate of drug-likeness (QED) is 0.425. The highest BCUT2D eigenvalue weighted by molar-refractivity contribution is 5.25. The molecule has 2 N–H and O–H groups in total. The van der Waals surface area contributed by atoms with Gasteiger partial charge in [0.25, 0.3) is 0 Å². The van der Waals surface area contributed by atoms with Crippen molar-refractivity contribution in [2.24, 2.45) is 56.2 Å². The van der Waals surface area contributed by atoms with Crippen molar-refractivity contribution in [3.8, 4) is 0 Å². The largest absolute Gasteiger partial charge is 0.396 e. The van der Waals surface area contributed by atoms with Crippen LogP contribution in [0, 0.1) is 56.2 Å². The van der Waals surface area contributed by atoms with E-state index in [1.54, 1.807) is 0 Å². The summed E-state index contributed by atoms with van der Waals surface area (Å²) in [7, 11) is 0. The van der Waals surface area contributed by atoms with E-state index in [1.807, 2.05) is 0 Å². The first-order valence-electron chi connectivity index (χ1n) is 14.2. The number of aliphatic hydroxyl groups is 2. The first kappa shape index (κ1) is 24.4. The predicted octanol–water partition coefficient (Wildman–Crippen LogP) is 7.39. The second-order valence-electron chi connectivity index (χ2n) is 15.2. The number of allylic oxidation sites excluding steroid dienone is 1. The van der Waals surface area contributed by atoms with Gasteiger partial charge in [0.2, 0.25) is 0 Å². The van der Waals surface area contributed by atoms with Gasteiger partial charge < -0.3 is 10.2 Å². The van der Waals surface area contributed by atoms with Crippen LogP contribution in [-0.4, -0.2) is 22.9 Å². The number of hydrogen-bond acceptors (Lipinski definition) is 2. The predicted molar refractivity (Wildman–Crippen MR) is 137 cm³/mol. The Morgan fingerprint density at radius 3 is 2.06 bits per heavy atom. The molecule has 2 nitrogen and oxygen atoms in total. The molecule has 5 aliphatic rings. The Bertz CT molecular complexity index is 831. The molecule has 2 heteroatoms. The van der Waals surface area contributed by atoms with Crippen molar-refractivity contribution in [3.05, 3.63) is 12.2 Å². The average Bonchev–Trinajstić information content (AvgIpc) is 3.15. The molecule has 33 heavy (non-hydrogen) atoms. The molecule has 0 spiro atoms. The summed E-state index contributed by atoms with van der Waals surface area (Å²) in [5.74, 6) is 2.49. The van der Waals surface area contributed by atoms with Crippen LogP contribution in [0.4, 0.5) is 0 Å². The molecule has 0 aromatic carbocycles. The van der Waals surface area contributed by atoms with Gasteiger partial charge in [0.1, 0.15) is 0 Å². The van der Waals surface area contributed by atoms with Crippen LogP contribution < -0.4 is 0 Å². The molecule has 188 valence electrons. The first-order chi connectivity index (χ1) is 15.2. The van der Waals surface area contributed by atoms with Gasteiger partial charge in [-0.2, -0.15) is 0 Å². The van der Waals surface area contributed by atoms with E-state index in [2.05, 4.69) is 55.0 Å². The Kier molecular flexibility index (Phi) is 5.25. The highest BCUT2D eigenvalue weighted by atomic mass is 16.3. The molecule has 0 aliphatic heterocycles. The summed E-state index contributed by atoms with van der Waals surface area (Å²) in [5, 5.41) is 21.7. The lowest BCUT2D eigenvalue weighted by Crippen LogP contribution is -2.70. The third kappa shape index (κ3) is 2.69. The van der Waals surface area contributed by atoms with Crippen LogP contribution in [-0.2, 0) is 0 Å². The first-order valence-corrected chi connectivity index (χ1v) is 14.2. The third-order valence-corrected chi connectivity index (χ3v) is 14.3. The maximum absolute atomic E-state index is 10.9. The number of hydrogen-bond donors (Lipinski definition) is 2. The average molecular weight is 457 g/mol. The maximum Gasteiger partial charge on any atom is 0.0594 e. The van der Waals surface area contributed by atoms with Crippen LogP contribution >= 0.6 is 0 Å². The zero-order valence-electron chi connectivity index (χ0n) is 22.8. The molecule has 5 fully saturated rings. The van der Waals surface area contributed by atoms with Crippen molar-refractivity contribution in [3.63, 3.8) is 0 Å². The van der Waals surface area contributed by atoms with Gasteiger partial charge in [0.15, 0.2) is 0 Å². The fourth-order valence-corrected chi connectivity index (χ4v) is 12.2. The van der Waals surface area contributed by atoms with Gasteiger partial charge >= 0.3 is 0 Å². The zero-order chi connectivity index (χ0) is 24.2. The normalized spacial score (nSPS) is 57.4. The highest BCUT2D eigenvalue weighted by Gasteiger charge is 2.74. The summed E-state index contributed by atoms with van der Waals surface area (Å²) in [6.45, 7) is 22.4. The zero-order valence-corrected chi connectivity index (χ0v) is 22.8. The molecule has 0 radical (unpaired) electrons. The van der Waals surface area contributed by atoms with E-state index in [4.69, 9.17) is 0 Å². The van der Waals surface area contributed by atoms with E-state index in [0.717, 1.165) is 12.3 Å². The topological polar surface area (TPSA) is 40.5 Å². The lowest BCUT2D eigenvalue weighted by atomic mass is 9.29. The highest BCUT2D eigenvalue weighted by Crippen LogP contribution is 2.81. The molecule has 0 aromatic heterocycles. The summed E-state index contributed by atoms with van der Waals surface area (Å²) >= 11 is 0. The van der Waals surface area contributed by atoms with Crippen molar-refractivity contribution >= 4 is 0 Å². The van der Waals surface area contributed by atoms with Crippen LogP contribution in [0.1, 0.15) is 113 Å². The Balaban J connectivity index is 1.60. The van der Waals surface area contributed by atoms with Crippen molar-refractivity contribution < 1.29 is 10.2 Å². The number of fused-ring (bicyclic) bond motifs is 7. The van der Waals surface area contributed by atoms with Gasteiger partial charge in [-0.15, -0.1) is 0 Å². The van der Waals surface area contributed by atoms with E-state index in [0.29, 0.717) is 40.6 Å². The Morgan fingerprint density at radius 2 is 1.42 bits per heavy atom.